The van der Waals surface area contributed by atoms with E-state index in [0.29, 0.717) is 17.6 Å². The van der Waals surface area contributed by atoms with Crippen molar-refractivity contribution in [3.63, 3.8) is 0 Å². The molecule has 2 aromatic carbocycles. The van der Waals surface area contributed by atoms with Gasteiger partial charge in [0.2, 0.25) is 5.78 Å². The van der Waals surface area contributed by atoms with Crippen molar-refractivity contribution in [3.05, 3.63) is 129 Å². The molecule has 9 nitrogen and oxygen atoms in total. The Hall–Kier alpha value is -5.72. The van der Waals surface area contributed by atoms with Crippen molar-refractivity contribution in [2.24, 2.45) is 11.8 Å². The summed E-state index contributed by atoms with van der Waals surface area (Å²) in [6.45, 7) is 5.50. The first kappa shape index (κ1) is 34.6. The van der Waals surface area contributed by atoms with Gasteiger partial charge in [-0.2, -0.15) is 0 Å². The van der Waals surface area contributed by atoms with E-state index in [-0.39, 0.29) is 52.4 Å². The minimum absolute atomic E-state index is 0.000564. The summed E-state index contributed by atoms with van der Waals surface area (Å²) in [6, 6.07) is 8.71. The van der Waals surface area contributed by atoms with Crippen LogP contribution in [0.2, 0.25) is 0 Å². The van der Waals surface area contributed by atoms with E-state index < -0.39 is 52.7 Å². The second-order valence-electron chi connectivity index (χ2n) is 12.8. The lowest BCUT2D eigenvalue weighted by molar-refractivity contribution is -0.110. The van der Waals surface area contributed by atoms with Crippen LogP contribution in [-0.2, 0) is 4.79 Å². The molecule has 7 N–H and O–H groups in total. The van der Waals surface area contributed by atoms with Gasteiger partial charge in [0.15, 0.2) is 5.78 Å². The smallest absolute Gasteiger partial charge is 0.236 e. The monoisotopic (exact) mass is 662 g/mol. The van der Waals surface area contributed by atoms with Crippen molar-refractivity contribution in [1.82, 2.24) is 0 Å². The number of benzene rings is 2. The fourth-order valence-electron chi connectivity index (χ4n) is 6.54. The summed E-state index contributed by atoms with van der Waals surface area (Å²) >= 11 is 0. The molecule has 0 amide bonds. The van der Waals surface area contributed by atoms with Crippen LogP contribution in [-0.4, -0.2) is 53.4 Å². The molecule has 4 atom stereocenters. The Labute approximate surface area is 284 Å². The van der Waals surface area contributed by atoms with Gasteiger partial charge in [-0.1, -0.05) is 53.5 Å². The number of allylic oxidation sites excluding steroid dienone is 10. The van der Waals surface area contributed by atoms with Gasteiger partial charge in [0.25, 0.3) is 0 Å². The Morgan fingerprint density at radius 2 is 1.67 bits per heavy atom. The fourth-order valence-corrected chi connectivity index (χ4v) is 6.54. The van der Waals surface area contributed by atoms with Crippen molar-refractivity contribution >= 4 is 17.6 Å². The maximum Gasteiger partial charge on any atom is 0.236 e. The van der Waals surface area contributed by atoms with Crippen LogP contribution >= 0.6 is 0 Å². The van der Waals surface area contributed by atoms with Gasteiger partial charge in [0, 0.05) is 23.8 Å². The molecule has 0 aliphatic heterocycles. The van der Waals surface area contributed by atoms with E-state index in [1.165, 1.54) is 42.5 Å². The maximum absolute atomic E-state index is 13.4. The second-order valence-corrected chi connectivity index (χ2v) is 12.8. The number of phenolic OH excluding ortho intramolecular Hbond substituents is 3. The largest absolute Gasteiger partial charge is 0.512 e. The molecule has 2 aromatic rings. The molecule has 5 rings (SSSR count). The van der Waals surface area contributed by atoms with Gasteiger partial charge in [-0.3, -0.25) is 9.59 Å². The molecule has 3 aliphatic carbocycles. The van der Waals surface area contributed by atoms with Crippen LogP contribution in [0.1, 0.15) is 67.4 Å². The van der Waals surface area contributed by atoms with Gasteiger partial charge in [0.05, 0.1) is 23.0 Å². The number of phenols is 3. The third kappa shape index (κ3) is 7.25. The number of carbonyl (C=O) groups excluding carboxylic acids is 2. The normalized spacial score (nSPS) is 23.3. The van der Waals surface area contributed by atoms with Crippen molar-refractivity contribution in [2.75, 3.05) is 0 Å². The summed E-state index contributed by atoms with van der Waals surface area (Å²) in [5.74, 6) is -0.658. The number of aromatic hydroxyl groups is 3. The molecule has 0 fully saturated rings. The highest BCUT2D eigenvalue weighted by Crippen LogP contribution is 2.52. The Morgan fingerprint density at radius 3 is 2.35 bits per heavy atom. The van der Waals surface area contributed by atoms with Crippen LogP contribution in [0.25, 0.3) is 6.08 Å². The Morgan fingerprint density at radius 1 is 0.959 bits per heavy atom. The van der Waals surface area contributed by atoms with Crippen LogP contribution in [0.4, 0.5) is 0 Å². The van der Waals surface area contributed by atoms with E-state index in [4.69, 9.17) is 0 Å². The van der Waals surface area contributed by atoms with E-state index in [0.717, 1.165) is 11.1 Å². The second kappa shape index (κ2) is 14.2. The van der Waals surface area contributed by atoms with Crippen LogP contribution in [0.15, 0.2) is 112 Å². The van der Waals surface area contributed by atoms with Crippen LogP contribution in [0, 0.1) is 23.7 Å². The summed E-state index contributed by atoms with van der Waals surface area (Å²) in [6.07, 6.45) is 8.46. The van der Waals surface area contributed by atoms with Crippen molar-refractivity contribution < 1.29 is 45.3 Å². The first-order valence-corrected chi connectivity index (χ1v) is 15.8. The molecule has 49 heavy (non-hydrogen) atoms. The summed E-state index contributed by atoms with van der Waals surface area (Å²) in [7, 11) is 0. The van der Waals surface area contributed by atoms with Gasteiger partial charge in [-0.15, -0.1) is 0 Å². The molecular weight excluding hydrogens is 624 g/mol. The zero-order valence-corrected chi connectivity index (χ0v) is 27.3. The average molecular weight is 663 g/mol. The molecule has 0 saturated carbocycles. The van der Waals surface area contributed by atoms with Gasteiger partial charge >= 0.3 is 0 Å². The summed E-state index contributed by atoms with van der Waals surface area (Å²) in [5, 5.41) is 77.0. The number of aliphatic hydroxyl groups is 4. The molecule has 4 unspecified atom stereocenters. The molecular formula is C40H38O9. The number of ketones is 2. The van der Waals surface area contributed by atoms with Crippen LogP contribution in [0.3, 0.4) is 0 Å². The first-order chi connectivity index (χ1) is 23.3. The zero-order chi connectivity index (χ0) is 35.6. The highest BCUT2D eigenvalue weighted by molar-refractivity contribution is 6.11. The molecule has 0 radical (unpaired) electrons. The van der Waals surface area contributed by atoms with E-state index in [1.807, 2.05) is 20.8 Å². The predicted octanol–water partition coefficient (Wildman–Crippen LogP) is 7.07. The molecule has 3 aliphatic rings. The average Bonchev–Trinajstić information content (AvgIpc) is 3.04. The zero-order valence-electron chi connectivity index (χ0n) is 27.3. The molecule has 0 saturated heterocycles. The number of carbonyl (C=O) groups is 2. The lowest BCUT2D eigenvalue weighted by Crippen LogP contribution is -2.34. The number of Topliss-reactive ketones (excluding diaryl/α,β-unsaturated/α-hetero) is 1. The lowest BCUT2D eigenvalue weighted by atomic mass is 9.64. The Balaban J connectivity index is 1.69. The van der Waals surface area contributed by atoms with Crippen molar-refractivity contribution in [3.8, 4) is 29.1 Å². The number of hydrogen-bond donors (Lipinski definition) is 7. The topological polar surface area (TPSA) is 176 Å². The van der Waals surface area contributed by atoms with E-state index in [1.54, 1.807) is 30.4 Å². The highest BCUT2D eigenvalue weighted by atomic mass is 16.3. The Kier molecular flexibility index (Phi) is 10.0. The van der Waals surface area contributed by atoms with Gasteiger partial charge in [0.1, 0.15) is 34.3 Å². The minimum Gasteiger partial charge on any atom is -0.512 e. The summed E-state index contributed by atoms with van der Waals surface area (Å²) in [4.78, 5) is 26.1. The van der Waals surface area contributed by atoms with Gasteiger partial charge in [-0.05, 0) is 93.0 Å². The van der Waals surface area contributed by atoms with E-state index in [2.05, 4.69) is 11.8 Å². The predicted molar refractivity (Wildman–Crippen MR) is 185 cm³/mol. The molecule has 0 bridgehead atoms. The van der Waals surface area contributed by atoms with Crippen LogP contribution < -0.4 is 0 Å². The molecule has 0 spiro atoms. The third-order valence-corrected chi connectivity index (χ3v) is 9.01. The first-order valence-electron chi connectivity index (χ1n) is 15.8. The molecule has 9 heteroatoms. The number of hydrogen-bond acceptors (Lipinski definition) is 9. The molecule has 0 aromatic heterocycles. The fraction of sp³-hybridized carbons (Fsp3) is 0.250. The van der Waals surface area contributed by atoms with Crippen LogP contribution in [0.5, 0.6) is 17.2 Å². The maximum atomic E-state index is 13.4. The SMILES string of the molecule is CC(C)=CCC1=C(O)C(=C(O)C2C(C3=CC=C(O)CC3O)CC(C)=CC2c2c(O)ccc(C(=O)/C=C/c3ccc(O)cc3)c2O)C#CC1=O. The summed E-state index contributed by atoms with van der Waals surface area (Å²) < 4.78 is 0. The third-order valence-electron chi connectivity index (χ3n) is 9.01. The standard InChI is InChI=1S/C40H38O9/c1-21(2)4-11-27-33(44)16-14-29(38(27)47)40(49)36-30(26-12-10-25(42)20-35(26)46)18-22(3)19-31(36)37-34(45)17-13-28(39(37)48)32(43)15-7-23-5-8-24(41)9-6-23/h4-10,12-13,15,17,19,30-31,35-36,41-42,45-49H,11,18,20H2,1-3H3/b15-7+,40-29?. The highest BCUT2D eigenvalue weighted by Gasteiger charge is 2.44. The Bertz CT molecular complexity index is 1980. The quantitative estimate of drug-likeness (QED) is 0.0389. The lowest BCUT2D eigenvalue weighted by Gasteiger charge is -2.40. The van der Waals surface area contributed by atoms with Crippen molar-refractivity contribution in [2.45, 2.75) is 52.1 Å². The van der Waals surface area contributed by atoms with Crippen molar-refractivity contribution in [1.29, 1.82) is 0 Å². The van der Waals surface area contributed by atoms with Gasteiger partial charge in [-0.25, -0.2) is 0 Å². The van der Waals surface area contributed by atoms with Gasteiger partial charge < -0.3 is 35.7 Å². The molecule has 0 heterocycles. The minimum atomic E-state index is -1.13. The van der Waals surface area contributed by atoms with E-state index in [9.17, 15) is 45.3 Å². The van der Waals surface area contributed by atoms with E-state index >= 15 is 0 Å². The summed E-state index contributed by atoms with van der Waals surface area (Å²) in [5.41, 5.74) is 2.39. The number of rotatable bonds is 8. The number of aliphatic hydroxyl groups excluding tert-OH is 4. The molecule has 252 valence electrons.